The van der Waals surface area contributed by atoms with Gasteiger partial charge in [0.05, 0.1) is 17.6 Å². The van der Waals surface area contributed by atoms with E-state index in [2.05, 4.69) is 33.1 Å². The van der Waals surface area contributed by atoms with Gasteiger partial charge in [-0.15, -0.1) is 5.10 Å². The molecule has 6 rings (SSSR count). The van der Waals surface area contributed by atoms with Crippen molar-refractivity contribution in [2.75, 3.05) is 29.5 Å². The van der Waals surface area contributed by atoms with E-state index < -0.39 is 5.60 Å². The summed E-state index contributed by atoms with van der Waals surface area (Å²) in [6.45, 7) is 10.1. The van der Waals surface area contributed by atoms with E-state index in [1.165, 1.54) is 0 Å². The van der Waals surface area contributed by atoms with Gasteiger partial charge in [0.1, 0.15) is 11.4 Å². The Labute approximate surface area is 235 Å². The molecule has 1 N–H and O–H groups in total. The van der Waals surface area contributed by atoms with Gasteiger partial charge in [-0.2, -0.15) is 0 Å². The van der Waals surface area contributed by atoms with Crippen molar-refractivity contribution in [3.63, 3.8) is 0 Å². The van der Waals surface area contributed by atoms with Crippen molar-refractivity contribution in [3.8, 4) is 0 Å². The zero-order valence-corrected chi connectivity index (χ0v) is 24.0. The largest absolute Gasteiger partial charge is 0.444 e. The Hall–Kier alpha value is -3.47. The Morgan fingerprint density at radius 2 is 2.02 bits per heavy atom. The number of carbonyl (C=O) groups is 1. The van der Waals surface area contributed by atoms with E-state index in [0.717, 1.165) is 98.8 Å². The van der Waals surface area contributed by atoms with Crippen LogP contribution in [0.4, 0.5) is 22.1 Å². The molecule has 2 unspecified atom stereocenters. The Balaban J connectivity index is 1.29. The lowest BCUT2D eigenvalue weighted by Crippen LogP contribution is -2.50. The van der Waals surface area contributed by atoms with Crippen LogP contribution >= 0.6 is 0 Å². The van der Waals surface area contributed by atoms with Gasteiger partial charge in [-0.05, 0) is 84.8 Å². The first kappa shape index (κ1) is 26.7. The summed E-state index contributed by atoms with van der Waals surface area (Å²) < 4.78 is 13.6. The third kappa shape index (κ3) is 5.43. The Kier molecular flexibility index (Phi) is 7.24. The van der Waals surface area contributed by atoms with Crippen LogP contribution in [0.3, 0.4) is 0 Å². The third-order valence-corrected chi connectivity index (χ3v) is 7.90. The van der Waals surface area contributed by atoms with Crippen LogP contribution in [0.1, 0.15) is 78.1 Å². The number of piperidine rings is 1. The number of fused-ring (bicyclic) bond motifs is 2. The minimum absolute atomic E-state index is 0.0540. The summed E-state index contributed by atoms with van der Waals surface area (Å²) in [4.78, 5) is 31.6. The van der Waals surface area contributed by atoms with Crippen LogP contribution < -0.4 is 15.1 Å². The van der Waals surface area contributed by atoms with E-state index in [1.807, 2.05) is 43.9 Å². The highest BCUT2D eigenvalue weighted by molar-refractivity contribution is 5.88. The molecule has 0 bridgehead atoms. The molecule has 3 aliphatic rings. The van der Waals surface area contributed by atoms with Crippen molar-refractivity contribution in [1.29, 1.82) is 0 Å². The predicted octanol–water partition coefficient (Wildman–Crippen LogP) is 4.89. The quantitative estimate of drug-likeness (QED) is 0.487. The van der Waals surface area contributed by atoms with Crippen LogP contribution in [0.5, 0.6) is 0 Å². The molecule has 6 heterocycles. The average Bonchev–Trinajstić information content (AvgIpc) is 3.31. The van der Waals surface area contributed by atoms with Crippen LogP contribution in [-0.4, -0.2) is 68.2 Å². The van der Waals surface area contributed by atoms with Gasteiger partial charge in [0.15, 0.2) is 23.2 Å². The number of nitrogens with one attached hydrogen (secondary N) is 1. The number of carbonyl (C=O) groups excluding carboxylic acids is 1. The van der Waals surface area contributed by atoms with Gasteiger partial charge >= 0.3 is 6.09 Å². The molecule has 214 valence electrons. The molecular formula is C29H40N8O3. The summed E-state index contributed by atoms with van der Waals surface area (Å²) in [6, 6.07) is 4.32. The molecule has 2 saturated heterocycles. The number of aromatic nitrogens is 5. The van der Waals surface area contributed by atoms with Crippen molar-refractivity contribution in [2.45, 2.75) is 96.6 Å². The first-order valence-corrected chi connectivity index (χ1v) is 14.6. The number of ether oxygens (including phenoxy) is 2. The summed E-state index contributed by atoms with van der Waals surface area (Å²) >= 11 is 0. The Morgan fingerprint density at radius 1 is 1.15 bits per heavy atom. The minimum Gasteiger partial charge on any atom is -0.444 e. The average molecular weight is 549 g/mol. The van der Waals surface area contributed by atoms with Crippen molar-refractivity contribution >= 4 is 34.6 Å². The maximum atomic E-state index is 12.3. The van der Waals surface area contributed by atoms with Crippen LogP contribution in [0.15, 0.2) is 24.5 Å². The number of rotatable bonds is 4. The molecular weight excluding hydrogens is 508 g/mol. The van der Waals surface area contributed by atoms with Gasteiger partial charge in [-0.25, -0.2) is 19.4 Å². The zero-order valence-electron chi connectivity index (χ0n) is 24.0. The number of hydrogen-bond acceptors (Lipinski definition) is 9. The van der Waals surface area contributed by atoms with E-state index in [1.54, 1.807) is 0 Å². The highest BCUT2D eigenvalue weighted by Gasteiger charge is 2.32. The van der Waals surface area contributed by atoms with E-state index in [9.17, 15) is 4.79 Å². The molecule has 11 nitrogen and oxygen atoms in total. The Bertz CT molecular complexity index is 1360. The number of anilines is 3. The van der Waals surface area contributed by atoms with Crippen molar-refractivity contribution in [3.05, 3.63) is 30.2 Å². The maximum Gasteiger partial charge on any atom is 0.407 e. The normalized spacial score (nSPS) is 23.6. The van der Waals surface area contributed by atoms with Gasteiger partial charge in [0.2, 0.25) is 0 Å². The molecule has 3 aromatic heterocycles. The molecule has 0 aromatic carbocycles. The zero-order chi connectivity index (χ0) is 27.9. The SMILES string of the molecule is C[C@@H]1CC(NC(=O)OC(C)(C)C)CCN1c1cnc2c(N3CCCc4ncccc43)nn(C3CCCCO3)c2n1. The summed E-state index contributed by atoms with van der Waals surface area (Å²) in [5.74, 6) is 1.63. The smallest absolute Gasteiger partial charge is 0.407 e. The van der Waals surface area contributed by atoms with E-state index in [-0.39, 0.29) is 24.4 Å². The lowest BCUT2D eigenvalue weighted by Gasteiger charge is -2.38. The number of alkyl carbamates (subject to hydrolysis) is 1. The van der Waals surface area contributed by atoms with Crippen LogP contribution in [0.25, 0.3) is 11.2 Å². The third-order valence-electron chi connectivity index (χ3n) is 7.90. The second-order valence-corrected chi connectivity index (χ2v) is 12.1. The van der Waals surface area contributed by atoms with Crippen molar-refractivity contribution in [1.82, 2.24) is 30.0 Å². The number of nitrogens with zero attached hydrogens (tertiary/aromatic N) is 7. The number of aryl methyl sites for hydroxylation is 1. The highest BCUT2D eigenvalue weighted by atomic mass is 16.6. The van der Waals surface area contributed by atoms with Crippen LogP contribution in [0, 0.1) is 0 Å². The van der Waals surface area contributed by atoms with Crippen molar-refractivity contribution < 1.29 is 14.3 Å². The molecule has 0 spiro atoms. The van der Waals surface area contributed by atoms with E-state index in [0.29, 0.717) is 0 Å². The lowest BCUT2D eigenvalue weighted by molar-refractivity contribution is -0.0368. The second-order valence-electron chi connectivity index (χ2n) is 12.1. The topological polar surface area (TPSA) is 111 Å². The summed E-state index contributed by atoms with van der Waals surface area (Å²) in [6.07, 6.45) is 9.83. The van der Waals surface area contributed by atoms with Gasteiger partial charge < -0.3 is 24.6 Å². The summed E-state index contributed by atoms with van der Waals surface area (Å²) in [5.41, 5.74) is 3.19. The number of amides is 1. The lowest BCUT2D eigenvalue weighted by atomic mass is 9.98. The fourth-order valence-electron chi connectivity index (χ4n) is 6.05. The molecule has 40 heavy (non-hydrogen) atoms. The summed E-state index contributed by atoms with van der Waals surface area (Å²) in [7, 11) is 0. The first-order valence-electron chi connectivity index (χ1n) is 14.6. The minimum atomic E-state index is -0.516. The standard InChI is InChI=1S/C29H40N8O3/c1-19-17-20(32-28(38)40-29(2,3)4)12-15-35(19)23-18-31-25-26(33-23)37(24-11-5-6-16-39-24)34-27(25)36-14-8-9-21-22(36)10-7-13-30-21/h7,10,13,18-20,24H,5-6,8-9,11-12,14-17H2,1-4H3,(H,32,38)/t19-,20?,24?/m1/s1. The molecule has 0 aliphatic carbocycles. The molecule has 2 fully saturated rings. The molecule has 0 saturated carbocycles. The number of pyridine rings is 1. The molecule has 11 heteroatoms. The molecule has 3 aromatic rings. The fraction of sp³-hybridized carbons (Fsp3) is 0.621. The van der Waals surface area contributed by atoms with Gasteiger partial charge in [-0.1, -0.05) is 0 Å². The number of hydrogen-bond donors (Lipinski definition) is 1. The van der Waals surface area contributed by atoms with Gasteiger partial charge in [-0.3, -0.25) is 4.98 Å². The predicted molar refractivity (Wildman–Crippen MR) is 153 cm³/mol. The van der Waals surface area contributed by atoms with Crippen LogP contribution in [-0.2, 0) is 15.9 Å². The van der Waals surface area contributed by atoms with Gasteiger partial charge in [0, 0.05) is 38.0 Å². The molecule has 0 radical (unpaired) electrons. The van der Waals surface area contributed by atoms with E-state index in [4.69, 9.17) is 24.5 Å². The second kappa shape index (κ2) is 10.8. The van der Waals surface area contributed by atoms with Crippen molar-refractivity contribution in [2.24, 2.45) is 0 Å². The molecule has 1 amide bonds. The maximum absolute atomic E-state index is 12.3. The molecule has 3 atom stereocenters. The Morgan fingerprint density at radius 3 is 2.80 bits per heavy atom. The fourth-order valence-corrected chi connectivity index (χ4v) is 6.05. The van der Waals surface area contributed by atoms with Crippen LogP contribution in [0.2, 0.25) is 0 Å². The highest BCUT2D eigenvalue weighted by Crippen LogP contribution is 2.37. The molecule has 3 aliphatic heterocycles. The first-order chi connectivity index (χ1) is 19.3. The van der Waals surface area contributed by atoms with Gasteiger partial charge in [0.25, 0.3) is 0 Å². The summed E-state index contributed by atoms with van der Waals surface area (Å²) in [5, 5.41) is 8.14. The monoisotopic (exact) mass is 548 g/mol. The van der Waals surface area contributed by atoms with E-state index >= 15 is 0 Å².